The van der Waals surface area contributed by atoms with Gasteiger partial charge in [-0.15, -0.1) is 0 Å². The average Bonchev–Trinajstić information content (AvgIpc) is 1.96. The summed E-state index contributed by atoms with van der Waals surface area (Å²) in [5.41, 5.74) is 1.03. The maximum atomic E-state index is 9.16. The number of aliphatic hydroxyl groups is 1. The molecular formula is C9H8Br3O. The Balaban J connectivity index is 3.06. The minimum atomic E-state index is -0.575. The number of benzene rings is 1. The van der Waals surface area contributed by atoms with E-state index < -0.39 is 6.10 Å². The Morgan fingerprint density at radius 3 is 2.08 bits per heavy atom. The molecule has 0 aliphatic rings. The second-order valence-corrected chi connectivity index (χ2v) is 5.33. The van der Waals surface area contributed by atoms with Crippen molar-refractivity contribution in [2.45, 2.75) is 12.5 Å². The number of aliphatic hydroxyl groups excluding tert-OH is 1. The van der Waals surface area contributed by atoms with Crippen molar-refractivity contribution in [2.75, 3.05) is 0 Å². The molecule has 1 radical (unpaired) electrons. The molecule has 1 nitrogen and oxygen atoms in total. The molecule has 0 bridgehead atoms. The first-order valence-electron chi connectivity index (χ1n) is 3.65. The van der Waals surface area contributed by atoms with Gasteiger partial charge in [-0.1, -0.05) is 47.8 Å². The Labute approximate surface area is 103 Å². The fourth-order valence-corrected chi connectivity index (χ4v) is 3.59. The van der Waals surface area contributed by atoms with Gasteiger partial charge in [0.2, 0.25) is 0 Å². The van der Waals surface area contributed by atoms with Crippen LogP contribution >= 0.6 is 47.8 Å². The van der Waals surface area contributed by atoms with Crippen LogP contribution in [0.5, 0.6) is 0 Å². The molecular weight excluding hydrogens is 364 g/mol. The molecule has 1 unspecified atom stereocenters. The summed E-state index contributed by atoms with van der Waals surface area (Å²) >= 11 is 10.2. The molecule has 0 saturated heterocycles. The second kappa shape index (κ2) is 4.91. The van der Waals surface area contributed by atoms with Gasteiger partial charge < -0.3 is 5.11 Å². The quantitative estimate of drug-likeness (QED) is 0.840. The summed E-state index contributed by atoms with van der Waals surface area (Å²) in [6.45, 7) is 3.54. The Morgan fingerprint density at radius 1 is 1.23 bits per heavy atom. The zero-order chi connectivity index (χ0) is 10.0. The highest BCUT2D eigenvalue weighted by atomic mass is 79.9. The van der Waals surface area contributed by atoms with Crippen molar-refractivity contribution in [3.05, 3.63) is 38.0 Å². The minimum Gasteiger partial charge on any atom is -0.393 e. The summed E-state index contributed by atoms with van der Waals surface area (Å²) in [4.78, 5) is 0. The van der Waals surface area contributed by atoms with E-state index in [1.165, 1.54) is 0 Å². The van der Waals surface area contributed by atoms with Gasteiger partial charge in [0.05, 0.1) is 6.10 Å². The van der Waals surface area contributed by atoms with E-state index in [0.717, 1.165) is 19.0 Å². The Morgan fingerprint density at radius 2 is 1.69 bits per heavy atom. The van der Waals surface area contributed by atoms with Gasteiger partial charge in [-0.2, -0.15) is 0 Å². The standard InChI is InChI=1S/C9H8Br3O/c1-5(13)2-7-8(11)3-6(10)4-9(7)12/h3-5,13H,1-2H2. The Bertz CT molecular complexity index is 287. The van der Waals surface area contributed by atoms with Gasteiger partial charge in [-0.05, 0) is 24.6 Å². The largest absolute Gasteiger partial charge is 0.393 e. The Kier molecular flexibility index (Phi) is 4.42. The molecule has 1 aromatic carbocycles. The minimum absolute atomic E-state index is 0.536. The molecule has 0 aliphatic heterocycles. The van der Waals surface area contributed by atoms with Crippen molar-refractivity contribution in [1.82, 2.24) is 0 Å². The van der Waals surface area contributed by atoms with Crippen molar-refractivity contribution < 1.29 is 5.11 Å². The van der Waals surface area contributed by atoms with Gasteiger partial charge in [0.1, 0.15) is 0 Å². The first kappa shape index (κ1) is 11.7. The number of halogens is 3. The molecule has 1 rings (SSSR count). The molecule has 4 heteroatoms. The molecule has 1 aromatic rings. The summed E-state index contributed by atoms with van der Waals surface area (Å²) in [6, 6.07) is 3.89. The van der Waals surface area contributed by atoms with E-state index in [4.69, 9.17) is 5.11 Å². The summed E-state index contributed by atoms with van der Waals surface area (Å²) < 4.78 is 2.93. The maximum absolute atomic E-state index is 9.16. The third-order valence-electron chi connectivity index (χ3n) is 1.55. The van der Waals surface area contributed by atoms with Crippen LogP contribution in [0.2, 0.25) is 0 Å². The van der Waals surface area contributed by atoms with Crippen LogP contribution in [0.1, 0.15) is 5.56 Å². The van der Waals surface area contributed by atoms with E-state index in [9.17, 15) is 0 Å². The van der Waals surface area contributed by atoms with E-state index in [1.807, 2.05) is 12.1 Å². The van der Waals surface area contributed by atoms with Crippen molar-refractivity contribution in [3.8, 4) is 0 Å². The number of hydrogen-bond acceptors (Lipinski definition) is 1. The van der Waals surface area contributed by atoms with Crippen LogP contribution in [0.25, 0.3) is 0 Å². The second-order valence-electron chi connectivity index (χ2n) is 2.71. The summed E-state index contributed by atoms with van der Waals surface area (Å²) in [6.07, 6.45) is -0.0391. The lowest BCUT2D eigenvalue weighted by Crippen LogP contribution is -2.05. The molecule has 0 fully saturated rings. The molecule has 0 spiro atoms. The highest BCUT2D eigenvalue weighted by Gasteiger charge is 2.08. The smallest absolute Gasteiger partial charge is 0.0582 e. The molecule has 0 aromatic heterocycles. The van der Waals surface area contributed by atoms with Gasteiger partial charge in [-0.25, -0.2) is 0 Å². The van der Waals surface area contributed by atoms with E-state index in [-0.39, 0.29) is 0 Å². The fourth-order valence-electron chi connectivity index (χ4n) is 1.00. The zero-order valence-corrected chi connectivity index (χ0v) is 11.5. The van der Waals surface area contributed by atoms with Crippen LogP contribution in [0, 0.1) is 6.92 Å². The molecule has 13 heavy (non-hydrogen) atoms. The molecule has 0 heterocycles. The predicted molar refractivity (Wildman–Crippen MR) is 64.6 cm³/mol. The van der Waals surface area contributed by atoms with Crippen LogP contribution in [-0.4, -0.2) is 11.2 Å². The zero-order valence-electron chi connectivity index (χ0n) is 6.73. The van der Waals surface area contributed by atoms with E-state index in [1.54, 1.807) is 0 Å². The van der Waals surface area contributed by atoms with Gasteiger partial charge in [0, 0.05) is 19.8 Å². The third kappa shape index (κ3) is 3.35. The lowest BCUT2D eigenvalue weighted by molar-refractivity contribution is 0.221. The molecule has 0 amide bonds. The monoisotopic (exact) mass is 369 g/mol. The SMILES string of the molecule is [CH2]C(O)Cc1c(Br)cc(Br)cc1Br. The lowest BCUT2D eigenvalue weighted by Gasteiger charge is -2.09. The highest BCUT2D eigenvalue weighted by molar-refractivity contribution is 9.11. The summed E-state index contributed by atoms with van der Waals surface area (Å²) in [5.74, 6) is 0. The van der Waals surface area contributed by atoms with Crippen molar-refractivity contribution >= 4 is 47.8 Å². The van der Waals surface area contributed by atoms with Gasteiger partial charge in [0.25, 0.3) is 0 Å². The van der Waals surface area contributed by atoms with Gasteiger partial charge >= 0.3 is 0 Å². The van der Waals surface area contributed by atoms with Crippen LogP contribution < -0.4 is 0 Å². The summed E-state index contributed by atoms with van der Waals surface area (Å²) in [5, 5.41) is 9.16. The van der Waals surface area contributed by atoms with Crippen LogP contribution in [0.3, 0.4) is 0 Å². The van der Waals surface area contributed by atoms with E-state index in [0.29, 0.717) is 6.42 Å². The first-order valence-corrected chi connectivity index (χ1v) is 6.03. The third-order valence-corrected chi connectivity index (χ3v) is 3.42. The molecule has 0 saturated carbocycles. The van der Waals surface area contributed by atoms with E-state index >= 15 is 0 Å². The fraction of sp³-hybridized carbons (Fsp3) is 0.222. The highest BCUT2D eigenvalue weighted by Crippen LogP contribution is 2.30. The van der Waals surface area contributed by atoms with Gasteiger partial charge in [-0.3, -0.25) is 0 Å². The number of rotatable bonds is 2. The predicted octanol–water partition coefficient (Wildman–Crippen LogP) is 3.71. The average molecular weight is 372 g/mol. The topological polar surface area (TPSA) is 20.2 Å². The molecule has 71 valence electrons. The van der Waals surface area contributed by atoms with Crippen LogP contribution in [-0.2, 0) is 6.42 Å². The van der Waals surface area contributed by atoms with Crippen LogP contribution in [0.15, 0.2) is 25.6 Å². The normalized spacial score (nSPS) is 13.0. The van der Waals surface area contributed by atoms with Crippen molar-refractivity contribution in [3.63, 3.8) is 0 Å². The Hall–Kier alpha value is 0.620. The summed E-state index contributed by atoms with van der Waals surface area (Å²) in [7, 11) is 0. The van der Waals surface area contributed by atoms with Crippen LogP contribution in [0.4, 0.5) is 0 Å². The van der Waals surface area contributed by atoms with Crippen molar-refractivity contribution in [1.29, 1.82) is 0 Å². The molecule has 1 atom stereocenters. The molecule has 1 N–H and O–H groups in total. The maximum Gasteiger partial charge on any atom is 0.0582 e. The first-order chi connectivity index (χ1) is 6.00. The van der Waals surface area contributed by atoms with E-state index in [2.05, 4.69) is 54.7 Å². The van der Waals surface area contributed by atoms with Crippen molar-refractivity contribution in [2.24, 2.45) is 0 Å². The number of hydrogen-bond donors (Lipinski definition) is 1. The van der Waals surface area contributed by atoms with Gasteiger partial charge in [0.15, 0.2) is 0 Å². The lowest BCUT2D eigenvalue weighted by atomic mass is 10.1. The molecule has 0 aliphatic carbocycles.